The number of hydrogen-bond acceptors (Lipinski definition) is 6. The van der Waals surface area contributed by atoms with Gasteiger partial charge in [-0.05, 0) is 30.3 Å². The number of phenolic OH excluding ortho intramolecular Hbond substituents is 1. The molecular formula is C15H13N3O3. The fourth-order valence-electron chi connectivity index (χ4n) is 1.92. The van der Waals surface area contributed by atoms with E-state index in [-0.39, 0.29) is 5.75 Å². The zero-order valence-electron chi connectivity index (χ0n) is 11.4. The summed E-state index contributed by atoms with van der Waals surface area (Å²) in [7, 11) is 1.49. The van der Waals surface area contributed by atoms with Gasteiger partial charge in [0, 0.05) is 17.5 Å². The lowest BCUT2D eigenvalue weighted by Crippen LogP contribution is -1.93. The Kier molecular flexibility index (Phi) is 3.51. The summed E-state index contributed by atoms with van der Waals surface area (Å²) in [5, 5.41) is 13.5. The highest BCUT2D eigenvalue weighted by atomic mass is 16.5. The van der Waals surface area contributed by atoms with Crippen molar-refractivity contribution >= 4 is 0 Å². The summed E-state index contributed by atoms with van der Waals surface area (Å²) >= 11 is 0. The molecule has 21 heavy (non-hydrogen) atoms. The largest absolute Gasteiger partial charge is 0.504 e. The van der Waals surface area contributed by atoms with Crippen LogP contribution in [0.25, 0.3) is 11.5 Å². The number of methoxy groups -OCH3 is 1. The van der Waals surface area contributed by atoms with E-state index < -0.39 is 0 Å². The van der Waals surface area contributed by atoms with Crippen molar-refractivity contribution in [2.24, 2.45) is 0 Å². The molecule has 0 saturated heterocycles. The van der Waals surface area contributed by atoms with Crippen LogP contribution in [0.2, 0.25) is 0 Å². The Balaban J connectivity index is 1.85. The number of hydrogen-bond donors (Lipinski definition) is 1. The van der Waals surface area contributed by atoms with Gasteiger partial charge in [0.15, 0.2) is 17.3 Å². The molecule has 0 spiro atoms. The molecule has 0 aliphatic rings. The lowest BCUT2D eigenvalue weighted by molar-refractivity contribution is 0.373. The fraction of sp³-hybridized carbons (Fsp3) is 0.133. The molecule has 1 N–H and O–H groups in total. The number of aromatic nitrogens is 3. The van der Waals surface area contributed by atoms with Gasteiger partial charge in [0.05, 0.1) is 13.5 Å². The van der Waals surface area contributed by atoms with Crippen molar-refractivity contribution in [2.45, 2.75) is 6.42 Å². The van der Waals surface area contributed by atoms with Crippen LogP contribution in [0, 0.1) is 0 Å². The molecule has 3 rings (SSSR count). The molecule has 0 radical (unpaired) electrons. The van der Waals surface area contributed by atoms with E-state index in [2.05, 4.69) is 15.1 Å². The maximum atomic E-state index is 9.58. The summed E-state index contributed by atoms with van der Waals surface area (Å²) < 4.78 is 10.3. The van der Waals surface area contributed by atoms with Crippen LogP contribution in [0.4, 0.5) is 0 Å². The van der Waals surface area contributed by atoms with E-state index in [0.29, 0.717) is 29.4 Å². The van der Waals surface area contributed by atoms with Gasteiger partial charge in [-0.15, -0.1) is 0 Å². The van der Waals surface area contributed by atoms with E-state index in [0.717, 1.165) is 5.69 Å². The van der Waals surface area contributed by atoms with Gasteiger partial charge in [0.1, 0.15) is 0 Å². The number of nitrogens with zero attached hydrogens (tertiary/aromatic N) is 3. The highest BCUT2D eigenvalue weighted by Gasteiger charge is 2.12. The summed E-state index contributed by atoms with van der Waals surface area (Å²) in [5.41, 5.74) is 1.55. The average Bonchev–Trinajstić information content (AvgIpc) is 2.97. The first kappa shape index (κ1) is 13.1. The second-order valence-electron chi connectivity index (χ2n) is 4.40. The standard InChI is InChI=1S/C15H13N3O3/c1-20-13-8-10(5-6-12(13)19)15-17-14(18-21-15)9-11-4-2-3-7-16-11/h2-8,19H,9H2,1H3. The van der Waals surface area contributed by atoms with Crippen LogP contribution in [-0.2, 0) is 6.42 Å². The quantitative estimate of drug-likeness (QED) is 0.792. The second kappa shape index (κ2) is 5.62. The number of benzene rings is 1. The van der Waals surface area contributed by atoms with Gasteiger partial charge in [-0.2, -0.15) is 4.98 Å². The Morgan fingerprint density at radius 3 is 2.90 bits per heavy atom. The van der Waals surface area contributed by atoms with Crippen molar-refractivity contribution in [3.8, 4) is 23.0 Å². The van der Waals surface area contributed by atoms with Crippen LogP contribution in [0.15, 0.2) is 47.1 Å². The molecule has 0 aliphatic heterocycles. The van der Waals surface area contributed by atoms with Gasteiger partial charge in [-0.1, -0.05) is 11.2 Å². The first-order valence-corrected chi connectivity index (χ1v) is 6.36. The zero-order chi connectivity index (χ0) is 14.7. The van der Waals surface area contributed by atoms with E-state index in [1.807, 2.05) is 18.2 Å². The van der Waals surface area contributed by atoms with Gasteiger partial charge in [0.2, 0.25) is 0 Å². The third kappa shape index (κ3) is 2.84. The van der Waals surface area contributed by atoms with Gasteiger partial charge >= 0.3 is 0 Å². The Hall–Kier alpha value is -2.89. The molecule has 0 amide bonds. The Morgan fingerprint density at radius 1 is 1.24 bits per heavy atom. The summed E-state index contributed by atoms with van der Waals surface area (Å²) in [6, 6.07) is 10.5. The summed E-state index contributed by atoms with van der Waals surface area (Å²) in [5.74, 6) is 1.35. The van der Waals surface area contributed by atoms with Crippen molar-refractivity contribution in [3.63, 3.8) is 0 Å². The monoisotopic (exact) mass is 283 g/mol. The van der Waals surface area contributed by atoms with Gasteiger partial charge in [-0.3, -0.25) is 4.98 Å². The normalized spacial score (nSPS) is 10.5. The predicted octanol–water partition coefficient (Wildman–Crippen LogP) is 2.44. The van der Waals surface area contributed by atoms with Crippen LogP contribution in [0.3, 0.4) is 0 Å². The zero-order valence-corrected chi connectivity index (χ0v) is 11.4. The Morgan fingerprint density at radius 2 is 2.14 bits per heavy atom. The van der Waals surface area contributed by atoms with E-state index in [9.17, 15) is 5.11 Å². The minimum absolute atomic E-state index is 0.0643. The Labute approximate surface area is 121 Å². The lowest BCUT2D eigenvalue weighted by Gasteiger charge is -2.03. The average molecular weight is 283 g/mol. The van der Waals surface area contributed by atoms with Gasteiger partial charge in [0.25, 0.3) is 5.89 Å². The van der Waals surface area contributed by atoms with Crippen molar-refractivity contribution < 1.29 is 14.4 Å². The molecule has 2 aromatic heterocycles. The molecule has 6 nitrogen and oxygen atoms in total. The fourth-order valence-corrected chi connectivity index (χ4v) is 1.92. The molecule has 0 saturated carbocycles. The SMILES string of the molecule is COc1cc(-c2nc(Cc3ccccn3)no2)ccc1O. The number of rotatable bonds is 4. The molecule has 2 heterocycles. The first-order chi connectivity index (χ1) is 10.3. The molecule has 106 valence electrons. The molecular weight excluding hydrogens is 270 g/mol. The van der Waals surface area contributed by atoms with Crippen molar-refractivity contribution in [1.29, 1.82) is 0 Å². The number of ether oxygens (including phenoxy) is 1. The topological polar surface area (TPSA) is 81.3 Å². The molecule has 0 aliphatic carbocycles. The van der Waals surface area contributed by atoms with Crippen LogP contribution in [0.1, 0.15) is 11.5 Å². The highest BCUT2D eigenvalue weighted by molar-refractivity contribution is 5.59. The number of aromatic hydroxyl groups is 1. The maximum Gasteiger partial charge on any atom is 0.258 e. The maximum absolute atomic E-state index is 9.58. The lowest BCUT2D eigenvalue weighted by atomic mass is 10.2. The highest BCUT2D eigenvalue weighted by Crippen LogP contribution is 2.30. The Bertz CT molecular complexity index is 741. The third-order valence-electron chi connectivity index (χ3n) is 2.96. The van der Waals surface area contributed by atoms with Crippen molar-refractivity contribution in [1.82, 2.24) is 15.1 Å². The van der Waals surface area contributed by atoms with Crippen LogP contribution in [0.5, 0.6) is 11.5 Å². The van der Waals surface area contributed by atoms with Gasteiger partial charge < -0.3 is 14.4 Å². The van der Waals surface area contributed by atoms with Crippen LogP contribution in [-0.4, -0.2) is 27.3 Å². The molecule has 0 unspecified atom stereocenters. The summed E-state index contributed by atoms with van der Waals surface area (Å²) in [4.78, 5) is 8.55. The minimum atomic E-state index is 0.0643. The number of phenols is 1. The van der Waals surface area contributed by atoms with Gasteiger partial charge in [-0.25, -0.2) is 0 Å². The number of pyridine rings is 1. The van der Waals surface area contributed by atoms with Crippen LogP contribution >= 0.6 is 0 Å². The second-order valence-corrected chi connectivity index (χ2v) is 4.40. The first-order valence-electron chi connectivity index (χ1n) is 6.36. The summed E-state index contributed by atoms with van der Waals surface area (Å²) in [6.45, 7) is 0. The van der Waals surface area contributed by atoms with E-state index >= 15 is 0 Å². The molecule has 1 aromatic carbocycles. The van der Waals surface area contributed by atoms with E-state index in [1.165, 1.54) is 13.2 Å². The smallest absolute Gasteiger partial charge is 0.258 e. The molecule has 0 atom stereocenters. The molecule has 3 aromatic rings. The third-order valence-corrected chi connectivity index (χ3v) is 2.96. The molecule has 0 bridgehead atoms. The van der Waals surface area contributed by atoms with E-state index in [1.54, 1.807) is 18.3 Å². The molecule has 6 heteroatoms. The summed E-state index contributed by atoms with van der Waals surface area (Å²) in [6.07, 6.45) is 2.22. The minimum Gasteiger partial charge on any atom is -0.504 e. The van der Waals surface area contributed by atoms with E-state index in [4.69, 9.17) is 9.26 Å². The van der Waals surface area contributed by atoms with Crippen molar-refractivity contribution in [3.05, 3.63) is 54.1 Å². The van der Waals surface area contributed by atoms with Crippen molar-refractivity contribution in [2.75, 3.05) is 7.11 Å². The molecule has 0 fully saturated rings. The van der Waals surface area contributed by atoms with Crippen LogP contribution < -0.4 is 4.74 Å². The predicted molar refractivity (Wildman–Crippen MR) is 75.0 cm³/mol.